The third-order valence-electron chi connectivity index (χ3n) is 3.55. The summed E-state index contributed by atoms with van der Waals surface area (Å²) < 4.78 is 4.04. The SMILES string of the molecule is Cc1c(-c2cc(N)nn2C)c2ccccc2n1C. The number of para-hydroxylation sites is 1. The number of fused-ring (bicyclic) bond motifs is 1. The summed E-state index contributed by atoms with van der Waals surface area (Å²) in [5.74, 6) is 0.555. The highest BCUT2D eigenvalue weighted by atomic mass is 15.3. The second kappa shape index (κ2) is 3.63. The summed E-state index contributed by atoms with van der Waals surface area (Å²) in [6.07, 6.45) is 0. The van der Waals surface area contributed by atoms with Gasteiger partial charge in [0.15, 0.2) is 0 Å². The fraction of sp³-hybridized carbons (Fsp3) is 0.214. The molecule has 0 amide bonds. The first-order valence-electron chi connectivity index (χ1n) is 5.93. The van der Waals surface area contributed by atoms with Gasteiger partial charge in [-0.05, 0) is 13.0 Å². The molecule has 0 saturated carbocycles. The number of hydrogen-bond donors (Lipinski definition) is 1. The summed E-state index contributed by atoms with van der Waals surface area (Å²) in [6.45, 7) is 2.12. The summed E-state index contributed by atoms with van der Waals surface area (Å²) in [6, 6.07) is 10.3. The maximum absolute atomic E-state index is 5.78. The van der Waals surface area contributed by atoms with Crippen LogP contribution in [0.4, 0.5) is 5.82 Å². The molecular weight excluding hydrogens is 224 g/mol. The Morgan fingerprint density at radius 3 is 2.56 bits per heavy atom. The van der Waals surface area contributed by atoms with Gasteiger partial charge in [0.05, 0.1) is 5.69 Å². The molecule has 4 heteroatoms. The fourth-order valence-electron chi connectivity index (χ4n) is 2.57. The third kappa shape index (κ3) is 1.35. The lowest BCUT2D eigenvalue weighted by Gasteiger charge is -2.02. The minimum absolute atomic E-state index is 0.555. The number of nitrogen functional groups attached to an aromatic ring is 1. The van der Waals surface area contributed by atoms with Crippen molar-refractivity contribution in [1.29, 1.82) is 0 Å². The Morgan fingerprint density at radius 1 is 1.17 bits per heavy atom. The van der Waals surface area contributed by atoms with Gasteiger partial charge in [-0.2, -0.15) is 5.10 Å². The molecule has 4 nitrogen and oxygen atoms in total. The molecule has 0 bridgehead atoms. The van der Waals surface area contributed by atoms with Gasteiger partial charge in [0.1, 0.15) is 5.82 Å². The molecule has 0 saturated heterocycles. The van der Waals surface area contributed by atoms with Crippen LogP contribution >= 0.6 is 0 Å². The van der Waals surface area contributed by atoms with Gasteiger partial charge in [-0.1, -0.05) is 18.2 Å². The molecule has 18 heavy (non-hydrogen) atoms. The number of rotatable bonds is 1. The van der Waals surface area contributed by atoms with E-state index >= 15 is 0 Å². The zero-order chi connectivity index (χ0) is 12.9. The molecule has 0 fully saturated rings. The summed E-state index contributed by atoms with van der Waals surface area (Å²) in [5.41, 5.74) is 10.5. The van der Waals surface area contributed by atoms with Crippen LogP contribution in [0, 0.1) is 6.92 Å². The van der Waals surface area contributed by atoms with Crippen LogP contribution in [0.5, 0.6) is 0 Å². The lowest BCUT2D eigenvalue weighted by Crippen LogP contribution is -1.96. The number of aryl methyl sites for hydroxylation is 2. The second-order valence-electron chi connectivity index (χ2n) is 4.61. The minimum Gasteiger partial charge on any atom is -0.382 e. The number of anilines is 1. The van der Waals surface area contributed by atoms with E-state index in [1.165, 1.54) is 22.2 Å². The van der Waals surface area contributed by atoms with Crippen molar-refractivity contribution < 1.29 is 0 Å². The van der Waals surface area contributed by atoms with Gasteiger partial charge in [-0.25, -0.2) is 0 Å². The molecule has 0 atom stereocenters. The molecule has 92 valence electrons. The van der Waals surface area contributed by atoms with E-state index in [1.54, 1.807) is 0 Å². The van der Waals surface area contributed by atoms with Crippen LogP contribution in [-0.2, 0) is 14.1 Å². The lowest BCUT2D eigenvalue weighted by molar-refractivity contribution is 0.779. The van der Waals surface area contributed by atoms with Gasteiger partial charge >= 0.3 is 0 Å². The van der Waals surface area contributed by atoms with Gasteiger partial charge in [0.2, 0.25) is 0 Å². The first-order chi connectivity index (χ1) is 8.59. The van der Waals surface area contributed by atoms with Crippen molar-refractivity contribution in [2.24, 2.45) is 14.1 Å². The Labute approximate surface area is 106 Å². The van der Waals surface area contributed by atoms with Crippen molar-refractivity contribution >= 4 is 16.7 Å². The van der Waals surface area contributed by atoms with E-state index < -0.39 is 0 Å². The standard InChI is InChI=1S/C14H16N4/c1-9-14(12-8-13(15)16-18(12)3)10-6-4-5-7-11(10)17(9)2/h4-8H,1-3H3,(H2,15,16). The Balaban J connectivity index is 2.42. The highest BCUT2D eigenvalue weighted by Gasteiger charge is 2.16. The van der Waals surface area contributed by atoms with Crippen molar-refractivity contribution in [1.82, 2.24) is 14.3 Å². The summed E-state index contributed by atoms with van der Waals surface area (Å²) in [7, 11) is 4.01. The van der Waals surface area contributed by atoms with E-state index in [0.29, 0.717) is 5.82 Å². The van der Waals surface area contributed by atoms with Gasteiger partial charge in [0, 0.05) is 42.3 Å². The van der Waals surface area contributed by atoms with Crippen LogP contribution in [-0.4, -0.2) is 14.3 Å². The molecule has 0 unspecified atom stereocenters. The highest BCUT2D eigenvalue weighted by molar-refractivity contribution is 5.97. The minimum atomic E-state index is 0.555. The van der Waals surface area contributed by atoms with Crippen molar-refractivity contribution in [2.75, 3.05) is 5.73 Å². The van der Waals surface area contributed by atoms with E-state index in [-0.39, 0.29) is 0 Å². The van der Waals surface area contributed by atoms with Gasteiger partial charge in [-0.15, -0.1) is 0 Å². The number of nitrogens with zero attached hydrogens (tertiary/aromatic N) is 3. The van der Waals surface area contributed by atoms with Crippen molar-refractivity contribution in [3.8, 4) is 11.3 Å². The number of aromatic nitrogens is 3. The monoisotopic (exact) mass is 240 g/mol. The predicted molar refractivity (Wildman–Crippen MR) is 74.3 cm³/mol. The van der Waals surface area contributed by atoms with E-state index in [9.17, 15) is 0 Å². The van der Waals surface area contributed by atoms with E-state index in [2.05, 4.69) is 47.9 Å². The van der Waals surface area contributed by atoms with Gasteiger partial charge < -0.3 is 10.3 Å². The average molecular weight is 240 g/mol. The number of nitrogens with two attached hydrogens (primary N) is 1. The highest BCUT2D eigenvalue weighted by Crippen LogP contribution is 2.34. The number of benzene rings is 1. The largest absolute Gasteiger partial charge is 0.382 e. The molecule has 2 aromatic heterocycles. The molecule has 2 N–H and O–H groups in total. The summed E-state index contributed by atoms with van der Waals surface area (Å²) in [5, 5.41) is 5.47. The van der Waals surface area contributed by atoms with E-state index in [0.717, 1.165) is 5.69 Å². The average Bonchev–Trinajstić information content (AvgIpc) is 2.79. The second-order valence-corrected chi connectivity index (χ2v) is 4.61. The molecule has 3 aromatic rings. The Morgan fingerprint density at radius 2 is 1.89 bits per heavy atom. The molecule has 1 aromatic carbocycles. The van der Waals surface area contributed by atoms with Gasteiger partial charge in [-0.3, -0.25) is 4.68 Å². The van der Waals surface area contributed by atoms with Crippen LogP contribution < -0.4 is 5.73 Å². The quantitative estimate of drug-likeness (QED) is 0.710. The van der Waals surface area contributed by atoms with Crippen LogP contribution in [0.3, 0.4) is 0 Å². The first-order valence-corrected chi connectivity index (χ1v) is 5.93. The van der Waals surface area contributed by atoms with Crippen LogP contribution in [0.25, 0.3) is 22.2 Å². The summed E-state index contributed by atoms with van der Waals surface area (Å²) >= 11 is 0. The summed E-state index contributed by atoms with van der Waals surface area (Å²) in [4.78, 5) is 0. The molecule has 0 aliphatic carbocycles. The normalized spacial score (nSPS) is 11.3. The van der Waals surface area contributed by atoms with E-state index in [1.807, 2.05) is 17.8 Å². The molecule has 0 radical (unpaired) electrons. The predicted octanol–water partition coefficient (Wildman–Crippen LogP) is 2.47. The lowest BCUT2D eigenvalue weighted by atomic mass is 10.1. The molecule has 0 aliphatic rings. The van der Waals surface area contributed by atoms with E-state index in [4.69, 9.17) is 5.73 Å². The Kier molecular flexibility index (Phi) is 2.20. The zero-order valence-corrected chi connectivity index (χ0v) is 10.8. The van der Waals surface area contributed by atoms with Crippen molar-refractivity contribution in [3.05, 3.63) is 36.0 Å². The van der Waals surface area contributed by atoms with Crippen LogP contribution in [0.1, 0.15) is 5.69 Å². The molecule has 0 aliphatic heterocycles. The van der Waals surface area contributed by atoms with Crippen molar-refractivity contribution in [3.63, 3.8) is 0 Å². The smallest absolute Gasteiger partial charge is 0.146 e. The van der Waals surface area contributed by atoms with Crippen LogP contribution in [0.2, 0.25) is 0 Å². The molecule has 0 spiro atoms. The third-order valence-corrected chi connectivity index (χ3v) is 3.55. The Hall–Kier alpha value is -2.23. The van der Waals surface area contributed by atoms with Crippen LogP contribution in [0.15, 0.2) is 30.3 Å². The first kappa shape index (κ1) is 10.9. The zero-order valence-electron chi connectivity index (χ0n) is 10.8. The number of hydrogen-bond acceptors (Lipinski definition) is 2. The fourth-order valence-corrected chi connectivity index (χ4v) is 2.57. The maximum atomic E-state index is 5.78. The Bertz CT molecular complexity index is 734. The molecular formula is C14H16N4. The van der Waals surface area contributed by atoms with Crippen molar-refractivity contribution in [2.45, 2.75) is 6.92 Å². The topological polar surface area (TPSA) is 48.8 Å². The molecule has 2 heterocycles. The maximum Gasteiger partial charge on any atom is 0.146 e. The molecule has 3 rings (SSSR count). The van der Waals surface area contributed by atoms with Gasteiger partial charge in [0.25, 0.3) is 0 Å².